The first-order valence-electron chi connectivity index (χ1n) is 6.02. The zero-order chi connectivity index (χ0) is 13.8. The van der Waals surface area contributed by atoms with Crippen molar-refractivity contribution < 1.29 is 4.79 Å². The smallest absolute Gasteiger partial charge is 0.186 e. The van der Waals surface area contributed by atoms with Gasteiger partial charge >= 0.3 is 0 Å². The first kappa shape index (κ1) is 14.4. The molecule has 4 heteroatoms. The molecule has 0 atom stereocenters. The molecule has 98 valence electrons. The molecule has 2 aromatic rings. The quantitative estimate of drug-likeness (QED) is 0.723. The number of carbonyl (C=O) groups is 1. The van der Waals surface area contributed by atoms with E-state index in [0.717, 1.165) is 20.9 Å². The van der Waals surface area contributed by atoms with Crippen LogP contribution in [-0.2, 0) is 12.8 Å². The van der Waals surface area contributed by atoms with Crippen molar-refractivity contribution in [2.24, 2.45) is 0 Å². The molecule has 0 unspecified atom stereocenters. The van der Waals surface area contributed by atoms with Gasteiger partial charge in [0.05, 0.1) is 0 Å². The van der Waals surface area contributed by atoms with Gasteiger partial charge in [0.1, 0.15) is 5.69 Å². The third kappa shape index (κ3) is 3.74. The van der Waals surface area contributed by atoms with Crippen LogP contribution in [0.5, 0.6) is 0 Å². The Hall–Kier alpha value is -1.000. The zero-order valence-corrected chi connectivity index (χ0v) is 13.7. The lowest BCUT2D eigenvalue weighted by molar-refractivity contribution is 0.0987. The summed E-state index contributed by atoms with van der Waals surface area (Å²) < 4.78 is 1.57. The Morgan fingerprint density at radius 3 is 2.37 bits per heavy atom. The van der Waals surface area contributed by atoms with E-state index < -0.39 is 0 Å². The average molecular weight is 383 g/mol. The number of hydrogen-bond acceptors (Lipinski definition) is 2. The van der Waals surface area contributed by atoms with Gasteiger partial charge in [-0.25, -0.2) is 0 Å². The normalized spacial score (nSPS) is 10.5. The van der Waals surface area contributed by atoms with E-state index in [0.29, 0.717) is 12.1 Å². The van der Waals surface area contributed by atoms with Gasteiger partial charge in [-0.2, -0.15) is 0 Å². The van der Waals surface area contributed by atoms with Gasteiger partial charge in [-0.3, -0.25) is 9.78 Å². The first-order chi connectivity index (χ1) is 9.10. The molecule has 0 aliphatic carbocycles. The highest BCUT2D eigenvalue weighted by Crippen LogP contribution is 2.21. The standard InChI is InChI=1S/C15H13Br2NO/c1-2-10-3-5-11(6-4-10)7-14(19)15-13(17)8-12(16)9-18-15/h3-6,8-9H,2,7H2,1H3. The molecule has 2 nitrogen and oxygen atoms in total. The highest BCUT2D eigenvalue weighted by atomic mass is 79.9. The van der Waals surface area contributed by atoms with E-state index in [9.17, 15) is 4.79 Å². The van der Waals surface area contributed by atoms with Crippen molar-refractivity contribution >= 4 is 37.6 Å². The van der Waals surface area contributed by atoms with Crippen LogP contribution in [-0.4, -0.2) is 10.8 Å². The van der Waals surface area contributed by atoms with Crippen LogP contribution in [0.1, 0.15) is 28.5 Å². The lowest BCUT2D eigenvalue weighted by Crippen LogP contribution is -2.07. The van der Waals surface area contributed by atoms with E-state index in [2.05, 4.69) is 55.9 Å². The molecule has 0 fully saturated rings. The van der Waals surface area contributed by atoms with E-state index in [1.807, 2.05) is 18.2 Å². The SMILES string of the molecule is CCc1ccc(CC(=O)c2ncc(Br)cc2Br)cc1. The number of ketones is 1. The fourth-order valence-corrected chi connectivity index (χ4v) is 2.99. The Bertz CT molecular complexity index is 594. The second kappa shape index (κ2) is 6.44. The molecule has 0 saturated carbocycles. The van der Waals surface area contributed by atoms with Gasteiger partial charge in [0.25, 0.3) is 0 Å². The highest BCUT2D eigenvalue weighted by molar-refractivity contribution is 9.11. The molecular formula is C15H13Br2NO. The van der Waals surface area contributed by atoms with Crippen molar-refractivity contribution in [3.8, 4) is 0 Å². The number of halogens is 2. The van der Waals surface area contributed by atoms with Crippen LogP contribution in [0, 0.1) is 0 Å². The minimum Gasteiger partial charge on any atom is -0.292 e. The van der Waals surface area contributed by atoms with E-state index in [-0.39, 0.29) is 5.78 Å². The van der Waals surface area contributed by atoms with Crippen molar-refractivity contribution in [1.29, 1.82) is 0 Å². The number of hydrogen-bond donors (Lipinski definition) is 0. The minimum absolute atomic E-state index is 0.0172. The summed E-state index contributed by atoms with van der Waals surface area (Å²) in [5.41, 5.74) is 2.76. The third-order valence-electron chi connectivity index (χ3n) is 2.87. The highest BCUT2D eigenvalue weighted by Gasteiger charge is 2.12. The van der Waals surface area contributed by atoms with Gasteiger partial charge in [-0.15, -0.1) is 0 Å². The predicted octanol–water partition coefficient (Wildman–Crippen LogP) is 4.59. The number of carbonyl (C=O) groups excluding carboxylic acids is 1. The number of Topliss-reactive ketones (excluding diaryl/α,β-unsaturated/α-hetero) is 1. The van der Waals surface area contributed by atoms with Crippen LogP contribution >= 0.6 is 31.9 Å². The van der Waals surface area contributed by atoms with Gasteiger partial charge in [0, 0.05) is 21.6 Å². The Morgan fingerprint density at radius 1 is 1.16 bits per heavy atom. The van der Waals surface area contributed by atoms with Gasteiger partial charge in [0.15, 0.2) is 5.78 Å². The van der Waals surface area contributed by atoms with Gasteiger partial charge in [0.2, 0.25) is 0 Å². The molecule has 2 rings (SSSR count). The Labute approximate surface area is 129 Å². The van der Waals surface area contributed by atoms with Crippen LogP contribution in [0.2, 0.25) is 0 Å². The maximum absolute atomic E-state index is 12.2. The summed E-state index contributed by atoms with van der Waals surface area (Å²) in [6, 6.07) is 9.97. The third-order valence-corrected chi connectivity index (χ3v) is 3.91. The van der Waals surface area contributed by atoms with E-state index in [1.165, 1.54) is 5.56 Å². The number of aryl methyl sites for hydroxylation is 1. The summed E-state index contributed by atoms with van der Waals surface area (Å²) in [7, 11) is 0. The zero-order valence-electron chi connectivity index (χ0n) is 10.5. The number of benzene rings is 1. The van der Waals surface area contributed by atoms with Crippen molar-refractivity contribution in [3.05, 3.63) is 62.3 Å². The van der Waals surface area contributed by atoms with Crippen LogP contribution in [0.15, 0.2) is 45.5 Å². The van der Waals surface area contributed by atoms with Crippen LogP contribution in [0.3, 0.4) is 0 Å². The Morgan fingerprint density at radius 2 is 1.79 bits per heavy atom. The molecule has 0 bridgehead atoms. The van der Waals surface area contributed by atoms with Gasteiger partial charge in [-0.05, 0) is 55.5 Å². The lowest BCUT2D eigenvalue weighted by Gasteiger charge is -2.04. The average Bonchev–Trinajstić information content (AvgIpc) is 2.39. The maximum atomic E-state index is 12.2. The van der Waals surface area contributed by atoms with Crippen molar-refractivity contribution in [1.82, 2.24) is 4.98 Å². The molecule has 0 N–H and O–H groups in total. The summed E-state index contributed by atoms with van der Waals surface area (Å²) in [6.07, 6.45) is 3.02. The Balaban J connectivity index is 2.15. The van der Waals surface area contributed by atoms with Gasteiger partial charge < -0.3 is 0 Å². The predicted molar refractivity (Wildman–Crippen MR) is 83.5 cm³/mol. The molecule has 0 radical (unpaired) electrons. The van der Waals surface area contributed by atoms with E-state index in [1.54, 1.807) is 6.20 Å². The molecule has 1 aromatic carbocycles. The van der Waals surface area contributed by atoms with Crippen LogP contribution < -0.4 is 0 Å². The molecule has 0 spiro atoms. The second-order valence-electron chi connectivity index (χ2n) is 4.25. The summed E-state index contributed by atoms with van der Waals surface area (Å²) in [5, 5.41) is 0. The van der Waals surface area contributed by atoms with Gasteiger partial charge in [-0.1, -0.05) is 31.2 Å². The number of nitrogens with zero attached hydrogens (tertiary/aromatic N) is 1. The molecular weight excluding hydrogens is 370 g/mol. The van der Waals surface area contributed by atoms with Crippen LogP contribution in [0.25, 0.3) is 0 Å². The molecule has 1 heterocycles. The largest absolute Gasteiger partial charge is 0.292 e. The monoisotopic (exact) mass is 381 g/mol. The number of pyridine rings is 1. The van der Waals surface area contributed by atoms with E-state index >= 15 is 0 Å². The number of rotatable bonds is 4. The molecule has 0 aliphatic heterocycles. The molecule has 0 aliphatic rings. The lowest BCUT2D eigenvalue weighted by atomic mass is 10.0. The summed E-state index contributed by atoms with van der Waals surface area (Å²) >= 11 is 6.69. The second-order valence-corrected chi connectivity index (χ2v) is 6.02. The molecule has 19 heavy (non-hydrogen) atoms. The minimum atomic E-state index is 0.0172. The molecule has 0 saturated heterocycles. The number of aromatic nitrogens is 1. The van der Waals surface area contributed by atoms with E-state index in [4.69, 9.17) is 0 Å². The Kier molecular flexibility index (Phi) is 4.88. The molecule has 0 amide bonds. The van der Waals surface area contributed by atoms with Crippen molar-refractivity contribution in [3.63, 3.8) is 0 Å². The van der Waals surface area contributed by atoms with Crippen molar-refractivity contribution in [2.75, 3.05) is 0 Å². The van der Waals surface area contributed by atoms with Crippen molar-refractivity contribution in [2.45, 2.75) is 19.8 Å². The maximum Gasteiger partial charge on any atom is 0.186 e. The fraction of sp³-hybridized carbons (Fsp3) is 0.200. The first-order valence-corrected chi connectivity index (χ1v) is 7.61. The summed E-state index contributed by atoms with van der Waals surface area (Å²) in [6.45, 7) is 2.11. The topological polar surface area (TPSA) is 30.0 Å². The van der Waals surface area contributed by atoms with Crippen LogP contribution in [0.4, 0.5) is 0 Å². The summed E-state index contributed by atoms with van der Waals surface area (Å²) in [5.74, 6) is 0.0172. The molecule has 1 aromatic heterocycles. The summed E-state index contributed by atoms with van der Waals surface area (Å²) in [4.78, 5) is 16.4. The fourth-order valence-electron chi connectivity index (χ4n) is 1.78.